The predicted molar refractivity (Wildman–Crippen MR) is 128 cm³/mol. The van der Waals surface area contributed by atoms with Gasteiger partial charge in [-0.25, -0.2) is 9.37 Å². The molecular weight excluding hydrogens is 397 g/mol. The van der Waals surface area contributed by atoms with Gasteiger partial charge in [-0.1, -0.05) is 37.3 Å². The number of pyridine rings is 1. The zero-order valence-electron chi connectivity index (χ0n) is 18.2. The van der Waals surface area contributed by atoms with Crippen LogP contribution in [0.4, 0.5) is 4.39 Å². The van der Waals surface area contributed by atoms with Crippen molar-refractivity contribution in [1.29, 1.82) is 0 Å². The number of halogens is 1. The molecule has 32 heavy (non-hydrogen) atoms. The van der Waals surface area contributed by atoms with Crippen LogP contribution in [0.25, 0.3) is 32.7 Å². The van der Waals surface area contributed by atoms with E-state index in [1.54, 1.807) is 12.1 Å². The minimum absolute atomic E-state index is 0.188. The third kappa shape index (κ3) is 3.26. The Kier molecular flexibility index (Phi) is 4.67. The summed E-state index contributed by atoms with van der Waals surface area (Å²) in [6.45, 7) is 2.31. The standard InChI is InChI=1S/C28H26FN3/c1-17(28-31-26-12-10-19-4-2-3-5-23(19)27(26)32-28)18-6-8-20(9-7-18)22-14-15-30-25-13-11-21(29)16-24(22)25/h2-5,10-18,20H,6-9H2,1H3,(H,31,32)/t17-,18-,20-/m1/s1. The van der Waals surface area contributed by atoms with Gasteiger partial charge in [0.15, 0.2) is 0 Å². The number of aromatic nitrogens is 3. The van der Waals surface area contributed by atoms with E-state index < -0.39 is 0 Å². The lowest BCUT2D eigenvalue weighted by Crippen LogP contribution is -2.19. The van der Waals surface area contributed by atoms with E-state index in [1.165, 1.54) is 22.4 Å². The highest BCUT2D eigenvalue weighted by Gasteiger charge is 2.29. The highest BCUT2D eigenvalue weighted by Crippen LogP contribution is 2.43. The first-order valence-corrected chi connectivity index (χ1v) is 11.6. The van der Waals surface area contributed by atoms with Crippen molar-refractivity contribution in [1.82, 2.24) is 15.0 Å². The van der Waals surface area contributed by atoms with Gasteiger partial charge in [-0.2, -0.15) is 0 Å². The van der Waals surface area contributed by atoms with Crippen LogP contribution in [-0.4, -0.2) is 15.0 Å². The molecule has 5 aromatic rings. The molecule has 2 heterocycles. The molecule has 3 aromatic carbocycles. The third-order valence-electron chi connectivity index (χ3n) is 7.48. The van der Waals surface area contributed by atoms with Crippen molar-refractivity contribution in [2.24, 2.45) is 5.92 Å². The van der Waals surface area contributed by atoms with Crippen LogP contribution in [0.15, 0.2) is 66.9 Å². The van der Waals surface area contributed by atoms with Crippen molar-refractivity contribution in [3.05, 3.63) is 84.1 Å². The molecule has 3 nitrogen and oxygen atoms in total. The second kappa shape index (κ2) is 7.70. The van der Waals surface area contributed by atoms with E-state index in [2.05, 4.69) is 59.4 Å². The van der Waals surface area contributed by atoms with Gasteiger partial charge in [-0.3, -0.25) is 4.98 Å². The number of hydrogen-bond acceptors (Lipinski definition) is 2. The van der Waals surface area contributed by atoms with Gasteiger partial charge < -0.3 is 4.98 Å². The number of hydrogen-bond donors (Lipinski definition) is 1. The molecule has 0 unspecified atom stereocenters. The van der Waals surface area contributed by atoms with E-state index in [-0.39, 0.29) is 5.82 Å². The van der Waals surface area contributed by atoms with Crippen LogP contribution in [0.3, 0.4) is 0 Å². The Labute approximate surface area is 186 Å². The summed E-state index contributed by atoms with van der Waals surface area (Å²) in [4.78, 5) is 13.1. The van der Waals surface area contributed by atoms with Crippen LogP contribution in [0.1, 0.15) is 55.8 Å². The number of aromatic amines is 1. The fraction of sp³-hybridized carbons (Fsp3) is 0.286. The lowest BCUT2D eigenvalue weighted by molar-refractivity contribution is 0.286. The monoisotopic (exact) mass is 423 g/mol. The quantitative estimate of drug-likeness (QED) is 0.327. The Hall–Kier alpha value is -3.27. The molecular formula is C28H26FN3. The molecule has 0 amide bonds. The molecule has 0 radical (unpaired) electrons. The largest absolute Gasteiger partial charge is 0.342 e. The van der Waals surface area contributed by atoms with E-state index in [0.717, 1.165) is 53.4 Å². The number of fused-ring (bicyclic) bond motifs is 4. The summed E-state index contributed by atoms with van der Waals surface area (Å²) in [7, 11) is 0. The highest BCUT2D eigenvalue weighted by atomic mass is 19.1. The summed E-state index contributed by atoms with van der Waals surface area (Å²) in [5.74, 6) is 2.35. The maximum absolute atomic E-state index is 13.9. The van der Waals surface area contributed by atoms with Crippen LogP contribution < -0.4 is 0 Å². The minimum atomic E-state index is -0.188. The van der Waals surface area contributed by atoms with E-state index >= 15 is 0 Å². The van der Waals surface area contributed by atoms with Crippen molar-refractivity contribution < 1.29 is 4.39 Å². The number of benzene rings is 3. The molecule has 0 spiro atoms. The van der Waals surface area contributed by atoms with Crippen molar-refractivity contribution >= 4 is 32.7 Å². The van der Waals surface area contributed by atoms with Crippen LogP contribution in [-0.2, 0) is 0 Å². The topological polar surface area (TPSA) is 41.6 Å². The lowest BCUT2D eigenvalue weighted by atomic mass is 9.73. The summed E-state index contributed by atoms with van der Waals surface area (Å²) in [6.07, 6.45) is 6.41. The summed E-state index contributed by atoms with van der Waals surface area (Å²) in [5, 5.41) is 3.40. The highest BCUT2D eigenvalue weighted by molar-refractivity contribution is 6.04. The number of H-pyrrole nitrogens is 1. The fourth-order valence-corrected chi connectivity index (χ4v) is 5.63. The predicted octanol–water partition coefficient (Wildman–Crippen LogP) is 7.48. The molecule has 160 valence electrons. The van der Waals surface area contributed by atoms with Gasteiger partial charge in [0, 0.05) is 22.9 Å². The maximum atomic E-state index is 13.9. The molecule has 4 heteroatoms. The van der Waals surface area contributed by atoms with E-state index in [9.17, 15) is 4.39 Å². The summed E-state index contributed by atoms with van der Waals surface area (Å²) in [5.41, 5.74) is 4.32. The molecule has 6 rings (SSSR count). The minimum Gasteiger partial charge on any atom is -0.342 e. The average molecular weight is 424 g/mol. The summed E-state index contributed by atoms with van der Waals surface area (Å²) in [6, 6.07) is 19.8. The number of imidazole rings is 1. The maximum Gasteiger partial charge on any atom is 0.123 e. The average Bonchev–Trinajstić information content (AvgIpc) is 3.28. The van der Waals surface area contributed by atoms with Crippen molar-refractivity contribution in [2.75, 3.05) is 0 Å². The molecule has 1 aliphatic rings. The van der Waals surface area contributed by atoms with Gasteiger partial charge in [0.2, 0.25) is 0 Å². The fourth-order valence-electron chi connectivity index (χ4n) is 5.63. The van der Waals surface area contributed by atoms with Crippen molar-refractivity contribution in [3.8, 4) is 0 Å². The Bertz CT molecular complexity index is 1430. The zero-order valence-corrected chi connectivity index (χ0v) is 18.2. The molecule has 1 atom stereocenters. The summed E-state index contributed by atoms with van der Waals surface area (Å²) < 4.78 is 13.9. The van der Waals surface area contributed by atoms with Crippen LogP contribution in [0, 0.1) is 11.7 Å². The molecule has 2 aromatic heterocycles. The number of rotatable bonds is 3. The van der Waals surface area contributed by atoms with Crippen molar-refractivity contribution in [2.45, 2.75) is 44.4 Å². The van der Waals surface area contributed by atoms with Gasteiger partial charge in [0.1, 0.15) is 11.6 Å². The molecule has 0 saturated heterocycles. The number of nitrogens with zero attached hydrogens (tertiary/aromatic N) is 2. The van der Waals surface area contributed by atoms with Crippen LogP contribution in [0.5, 0.6) is 0 Å². The third-order valence-corrected chi connectivity index (χ3v) is 7.48. The Morgan fingerprint density at radius 2 is 1.78 bits per heavy atom. The van der Waals surface area contributed by atoms with Crippen LogP contribution in [0.2, 0.25) is 0 Å². The Morgan fingerprint density at radius 3 is 2.66 bits per heavy atom. The van der Waals surface area contributed by atoms with Crippen LogP contribution >= 0.6 is 0 Å². The van der Waals surface area contributed by atoms with Crippen molar-refractivity contribution in [3.63, 3.8) is 0 Å². The first-order chi connectivity index (χ1) is 15.7. The van der Waals surface area contributed by atoms with Gasteiger partial charge in [-0.15, -0.1) is 0 Å². The van der Waals surface area contributed by atoms with E-state index in [1.807, 2.05) is 6.20 Å². The second-order valence-corrected chi connectivity index (χ2v) is 9.27. The summed E-state index contributed by atoms with van der Waals surface area (Å²) >= 11 is 0. The first-order valence-electron chi connectivity index (χ1n) is 11.6. The SMILES string of the molecule is C[C@@H](c1nc2c(ccc3ccccc32)[nH]1)[C@H]1CC[C@H](c2ccnc3ccc(F)cc32)CC1. The number of nitrogens with one attached hydrogen (secondary N) is 1. The second-order valence-electron chi connectivity index (χ2n) is 9.27. The van der Waals surface area contributed by atoms with E-state index in [4.69, 9.17) is 4.98 Å². The smallest absolute Gasteiger partial charge is 0.123 e. The molecule has 0 aliphatic heterocycles. The van der Waals surface area contributed by atoms with Gasteiger partial charge >= 0.3 is 0 Å². The molecule has 1 aliphatic carbocycles. The molecule has 1 saturated carbocycles. The normalized spacial score (nSPS) is 20.2. The van der Waals surface area contributed by atoms with Gasteiger partial charge in [-0.05, 0) is 78.8 Å². The van der Waals surface area contributed by atoms with Gasteiger partial charge in [0.25, 0.3) is 0 Å². The Morgan fingerprint density at radius 1 is 0.938 bits per heavy atom. The lowest BCUT2D eigenvalue weighted by Gasteiger charge is -2.32. The molecule has 1 N–H and O–H groups in total. The molecule has 0 bridgehead atoms. The van der Waals surface area contributed by atoms with E-state index in [0.29, 0.717) is 17.8 Å². The molecule has 1 fully saturated rings. The Balaban J connectivity index is 1.24. The first kappa shape index (κ1) is 19.4. The van der Waals surface area contributed by atoms with Gasteiger partial charge in [0.05, 0.1) is 16.6 Å². The zero-order chi connectivity index (χ0) is 21.7.